The van der Waals surface area contributed by atoms with Crippen LogP contribution in [0.15, 0.2) is 133 Å². The Balaban J connectivity index is 1.48. The number of pyridine rings is 1. The van der Waals surface area contributed by atoms with Crippen LogP contribution in [0.3, 0.4) is 0 Å². The maximum Gasteiger partial charge on any atom is 0.131 e. The highest BCUT2D eigenvalue weighted by Crippen LogP contribution is 2.43. The molecule has 0 radical (unpaired) electrons. The summed E-state index contributed by atoms with van der Waals surface area (Å²) in [5.74, 6) is 0.757. The van der Waals surface area contributed by atoms with Gasteiger partial charge in [-0.2, -0.15) is 0 Å². The number of rotatable bonds is 4. The van der Waals surface area contributed by atoms with Crippen molar-refractivity contribution in [3.63, 3.8) is 0 Å². The Morgan fingerprint density at radius 2 is 1.11 bits per heavy atom. The summed E-state index contributed by atoms with van der Waals surface area (Å²) in [5.41, 5.74) is 12.2. The molecule has 1 aromatic heterocycles. The molecule has 7 rings (SSSR count). The maximum absolute atomic E-state index is 6.18. The van der Waals surface area contributed by atoms with Gasteiger partial charge >= 0.3 is 0 Å². The molecule has 0 aliphatic carbocycles. The van der Waals surface area contributed by atoms with Crippen molar-refractivity contribution in [3.8, 4) is 22.4 Å². The number of nitrogens with two attached hydrogens (primary N) is 1. The lowest BCUT2D eigenvalue weighted by atomic mass is 9.87. The van der Waals surface area contributed by atoms with Gasteiger partial charge < -0.3 is 11.1 Å². The molecule has 38 heavy (non-hydrogen) atoms. The largest absolute Gasteiger partial charge is 0.397 e. The molecular formula is C35H25N3. The van der Waals surface area contributed by atoms with Crippen molar-refractivity contribution in [1.29, 1.82) is 0 Å². The molecule has 3 heteroatoms. The predicted octanol–water partition coefficient (Wildman–Crippen LogP) is 9.20. The first kappa shape index (κ1) is 22.1. The van der Waals surface area contributed by atoms with E-state index >= 15 is 0 Å². The van der Waals surface area contributed by atoms with Gasteiger partial charge in [-0.3, -0.25) is 0 Å². The number of nitrogen functional groups attached to an aromatic ring is 1. The second-order valence-corrected chi connectivity index (χ2v) is 9.52. The standard InChI is InChI=1S/C35H25N3/c36-30-16-7-8-17-31(30)37-33-19-9-18-32(38-33)35-28-14-5-3-12-26(28)34(27-13-4-6-15-29(27)35)25-21-20-23-10-1-2-11-24(23)22-25/h1-22H,36H2,(H,37,38). The molecule has 1 heterocycles. The second kappa shape index (κ2) is 9.06. The number of nitrogens with zero attached hydrogens (tertiary/aromatic N) is 1. The molecule has 3 nitrogen and oxygen atoms in total. The fourth-order valence-corrected chi connectivity index (χ4v) is 5.45. The molecule has 0 bridgehead atoms. The summed E-state index contributed by atoms with van der Waals surface area (Å²) in [5, 5.41) is 10.7. The van der Waals surface area contributed by atoms with Crippen LogP contribution >= 0.6 is 0 Å². The zero-order valence-corrected chi connectivity index (χ0v) is 20.7. The Morgan fingerprint density at radius 1 is 0.500 bits per heavy atom. The Labute approximate surface area is 221 Å². The first-order valence-electron chi connectivity index (χ1n) is 12.8. The van der Waals surface area contributed by atoms with Crippen LogP contribution < -0.4 is 11.1 Å². The molecule has 0 atom stereocenters. The van der Waals surface area contributed by atoms with E-state index in [1.807, 2.05) is 36.4 Å². The lowest BCUT2D eigenvalue weighted by Gasteiger charge is -2.18. The molecule has 0 saturated carbocycles. The van der Waals surface area contributed by atoms with E-state index in [0.29, 0.717) is 5.69 Å². The molecule has 0 aliphatic rings. The summed E-state index contributed by atoms with van der Waals surface area (Å²) < 4.78 is 0. The molecule has 0 aliphatic heterocycles. The molecule has 180 valence electrons. The van der Waals surface area contributed by atoms with Crippen LogP contribution in [0.1, 0.15) is 0 Å². The van der Waals surface area contributed by atoms with Crippen molar-refractivity contribution in [1.82, 2.24) is 4.98 Å². The lowest BCUT2D eigenvalue weighted by Crippen LogP contribution is -1.99. The van der Waals surface area contributed by atoms with Crippen molar-refractivity contribution in [2.75, 3.05) is 11.1 Å². The second-order valence-electron chi connectivity index (χ2n) is 9.52. The Hall–Kier alpha value is -5.15. The highest BCUT2D eigenvalue weighted by molar-refractivity contribution is 6.21. The van der Waals surface area contributed by atoms with Gasteiger partial charge in [0.15, 0.2) is 0 Å². The maximum atomic E-state index is 6.18. The summed E-state index contributed by atoms with van der Waals surface area (Å²) >= 11 is 0. The number of aromatic nitrogens is 1. The van der Waals surface area contributed by atoms with Crippen LogP contribution in [0.5, 0.6) is 0 Å². The van der Waals surface area contributed by atoms with Crippen molar-refractivity contribution in [2.24, 2.45) is 0 Å². The quantitative estimate of drug-likeness (QED) is 0.192. The van der Waals surface area contributed by atoms with E-state index in [4.69, 9.17) is 10.7 Å². The van der Waals surface area contributed by atoms with Gasteiger partial charge in [-0.1, -0.05) is 103 Å². The third-order valence-corrected chi connectivity index (χ3v) is 7.20. The number of fused-ring (bicyclic) bond motifs is 3. The molecule has 0 spiro atoms. The normalized spacial score (nSPS) is 11.3. The van der Waals surface area contributed by atoms with Crippen molar-refractivity contribution in [3.05, 3.63) is 133 Å². The SMILES string of the molecule is Nc1ccccc1Nc1cccc(-c2c3ccccc3c(-c3ccc4ccccc4c3)c3ccccc23)n1. The van der Waals surface area contributed by atoms with Gasteiger partial charge in [-0.05, 0) is 73.8 Å². The van der Waals surface area contributed by atoms with Gasteiger partial charge in [-0.15, -0.1) is 0 Å². The van der Waals surface area contributed by atoms with E-state index in [1.54, 1.807) is 0 Å². The highest BCUT2D eigenvalue weighted by atomic mass is 15.0. The third-order valence-electron chi connectivity index (χ3n) is 7.20. The van der Waals surface area contributed by atoms with E-state index in [0.717, 1.165) is 22.8 Å². The van der Waals surface area contributed by atoms with Crippen LogP contribution in [0.4, 0.5) is 17.2 Å². The van der Waals surface area contributed by atoms with E-state index in [9.17, 15) is 0 Å². The minimum atomic E-state index is 0.690. The van der Waals surface area contributed by atoms with Crippen molar-refractivity contribution < 1.29 is 0 Å². The van der Waals surface area contributed by atoms with Gasteiger partial charge in [0.05, 0.1) is 17.1 Å². The van der Waals surface area contributed by atoms with Gasteiger partial charge in [0.1, 0.15) is 5.82 Å². The molecule has 3 N–H and O–H groups in total. The molecule has 0 amide bonds. The summed E-state index contributed by atoms with van der Waals surface area (Å²) in [7, 11) is 0. The number of benzene rings is 6. The van der Waals surface area contributed by atoms with Gasteiger partial charge in [0.25, 0.3) is 0 Å². The molecule has 6 aromatic carbocycles. The number of anilines is 3. The minimum absolute atomic E-state index is 0.690. The smallest absolute Gasteiger partial charge is 0.131 e. The highest BCUT2D eigenvalue weighted by Gasteiger charge is 2.17. The van der Waals surface area contributed by atoms with Gasteiger partial charge in [0, 0.05) is 5.56 Å². The van der Waals surface area contributed by atoms with E-state index in [-0.39, 0.29) is 0 Å². The fraction of sp³-hybridized carbons (Fsp3) is 0. The zero-order chi connectivity index (χ0) is 25.5. The molecule has 0 saturated heterocycles. The number of hydrogen-bond acceptors (Lipinski definition) is 3. The van der Waals surface area contributed by atoms with Crippen LogP contribution in [0.2, 0.25) is 0 Å². The van der Waals surface area contributed by atoms with Crippen LogP contribution in [0.25, 0.3) is 54.7 Å². The summed E-state index contributed by atoms with van der Waals surface area (Å²) in [6, 6.07) is 46.5. The molecule has 0 unspecified atom stereocenters. The van der Waals surface area contributed by atoms with Crippen LogP contribution in [-0.4, -0.2) is 4.98 Å². The van der Waals surface area contributed by atoms with E-state index in [1.165, 1.54) is 43.4 Å². The van der Waals surface area contributed by atoms with Crippen LogP contribution in [0, 0.1) is 0 Å². The molecule has 7 aromatic rings. The van der Waals surface area contributed by atoms with Gasteiger partial charge in [-0.25, -0.2) is 4.98 Å². The summed E-state index contributed by atoms with van der Waals surface area (Å²) in [4.78, 5) is 5.06. The average Bonchev–Trinajstić information content (AvgIpc) is 2.97. The van der Waals surface area contributed by atoms with E-state index in [2.05, 4.69) is 102 Å². The monoisotopic (exact) mass is 487 g/mol. The number of nitrogens with one attached hydrogen (secondary N) is 1. The first-order valence-corrected chi connectivity index (χ1v) is 12.8. The zero-order valence-electron chi connectivity index (χ0n) is 20.7. The van der Waals surface area contributed by atoms with Crippen molar-refractivity contribution in [2.45, 2.75) is 0 Å². The average molecular weight is 488 g/mol. The minimum Gasteiger partial charge on any atom is -0.397 e. The lowest BCUT2D eigenvalue weighted by molar-refractivity contribution is 1.32. The Morgan fingerprint density at radius 3 is 1.82 bits per heavy atom. The predicted molar refractivity (Wildman–Crippen MR) is 162 cm³/mol. The summed E-state index contributed by atoms with van der Waals surface area (Å²) in [6.07, 6.45) is 0. The number of hydrogen-bond donors (Lipinski definition) is 2. The van der Waals surface area contributed by atoms with Gasteiger partial charge in [0.2, 0.25) is 0 Å². The topological polar surface area (TPSA) is 50.9 Å². The summed E-state index contributed by atoms with van der Waals surface area (Å²) in [6.45, 7) is 0. The third kappa shape index (κ3) is 3.73. The first-order chi connectivity index (χ1) is 18.8. The number of para-hydroxylation sites is 2. The Bertz CT molecular complexity index is 1920. The molecular weight excluding hydrogens is 462 g/mol. The fourth-order valence-electron chi connectivity index (χ4n) is 5.45. The van der Waals surface area contributed by atoms with Crippen LogP contribution in [-0.2, 0) is 0 Å². The van der Waals surface area contributed by atoms with E-state index < -0.39 is 0 Å². The Kier molecular flexibility index (Phi) is 5.26. The van der Waals surface area contributed by atoms with Crippen molar-refractivity contribution >= 4 is 49.5 Å². The molecule has 0 fully saturated rings.